The zero-order chi connectivity index (χ0) is 9.28. The van der Waals surface area contributed by atoms with Gasteiger partial charge in [-0.05, 0) is 11.2 Å². The van der Waals surface area contributed by atoms with Gasteiger partial charge in [-0.25, -0.2) is 8.42 Å². The lowest BCUT2D eigenvalue weighted by Crippen LogP contribution is -2.23. The van der Waals surface area contributed by atoms with Crippen LogP contribution in [0.2, 0.25) is 5.82 Å². The van der Waals surface area contributed by atoms with Gasteiger partial charge in [0.1, 0.15) is 0 Å². The minimum absolute atomic E-state index is 0.129. The first-order valence-electron chi connectivity index (χ1n) is 3.45. The van der Waals surface area contributed by atoms with Crippen LogP contribution in [0.25, 0.3) is 0 Å². The monoisotopic (exact) mass is 177 g/mol. The van der Waals surface area contributed by atoms with Crippen molar-refractivity contribution >= 4 is 16.5 Å². The molecule has 0 saturated carbocycles. The Morgan fingerprint density at radius 1 is 1.36 bits per heavy atom. The minimum atomic E-state index is -3.93. The molecule has 0 heterocycles. The van der Waals surface area contributed by atoms with E-state index in [-0.39, 0.29) is 11.2 Å². The van der Waals surface area contributed by atoms with Gasteiger partial charge in [0.05, 0.1) is 0 Å². The van der Waals surface area contributed by atoms with Crippen LogP contribution in [0.3, 0.4) is 0 Å². The Kier molecular flexibility index (Phi) is 3.14. The van der Waals surface area contributed by atoms with Gasteiger partial charge in [-0.1, -0.05) is 27.7 Å². The Balaban J connectivity index is 4.21. The lowest BCUT2D eigenvalue weighted by atomic mass is 9.69. The van der Waals surface area contributed by atoms with Crippen molar-refractivity contribution in [1.29, 1.82) is 0 Å². The molecule has 1 radical (unpaired) electrons. The molecule has 1 unspecified atom stereocenters. The molecule has 0 amide bonds. The molecule has 0 fully saturated rings. The summed E-state index contributed by atoms with van der Waals surface area (Å²) < 4.78 is 29.2. The largest absolute Gasteiger partial charge is 0.320 e. The first-order valence-corrected chi connectivity index (χ1v) is 4.95. The van der Waals surface area contributed by atoms with Crippen molar-refractivity contribution < 1.29 is 13.0 Å². The highest BCUT2D eigenvalue weighted by molar-refractivity contribution is 8.10. The van der Waals surface area contributed by atoms with Crippen LogP contribution in [-0.4, -0.2) is 19.5 Å². The van der Waals surface area contributed by atoms with E-state index in [2.05, 4.69) is 0 Å². The molecule has 0 spiro atoms. The van der Waals surface area contributed by atoms with Gasteiger partial charge in [-0.15, -0.1) is 0 Å². The van der Waals surface area contributed by atoms with Gasteiger partial charge < -0.3 is 0 Å². The summed E-state index contributed by atoms with van der Waals surface area (Å²) in [5.41, 5.74) is -0.129. The van der Waals surface area contributed by atoms with Crippen LogP contribution in [-0.2, 0) is 9.97 Å². The summed E-state index contributed by atoms with van der Waals surface area (Å²) in [5.74, 6) is -0.155. The molecule has 0 aliphatic carbocycles. The maximum Gasteiger partial charge on any atom is 0.320 e. The van der Waals surface area contributed by atoms with E-state index in [0.29, 0.717) is 0 Å². The highest BCUT2D eigenvalue weighted by Gasteiger charge is 2.26. The Hall–Kier alpha value is -0.0251. The Morgan fingerprint density at radius 3 is 1.82 bits per heavy atom. The van der Waals surface area contributed by atoms with Crippen LogP contribution in [0.1, 0.15) is 27.7 Å². The molecule has 0 aliphatic heterocycles. The average Bonchev–Trinajstić information content (AvgIpc) is 1.56. The molecule has 11 heavy (non-hydrogen) atoms. The molecule has 1 atom stereocenters. The van der Waals surface area contributed by atoms with E-state index in [4.69, 9.17) is 4.55 Å². The first kappa shape index (κ1) is 11.0. The van der Waals surface area contributed by atoms with E-state index in [1.165, 1.54) is 0 Å². The number of hydrogen-bond acceptors (Lipinski definition) is 2. The van der Waals surface area contributed by atoms with Gasteiger partial charge in [0.2, 0.25) is 9.97 Å². The van der Waals surface area contributed by atoms with Gasteiger partial charge in [0.25, 0.3) is 0 Å². The van der Waals surface area contributed by atoms with Crippen molar-refractivity contribution in [3.05, 3.63) is 0 Å². The van der Waals surface area contributed by atoms with Crippen molar-refractivity contribution in [2.75, 3.05) is 0 Å². The van der Waals surface area contributed by atoms with Crippen molar-refractivity contribution in [1.82, 2.24) is 0 Å². The lowest BCUT2D eigenvalue weighted by Gasteiger charge is -2.24. The molecule has 65 valence electrons. The molecular formula is C6H14BO3S. The van der Waals surface area contributed by atoms with Crippen LogP contribution in [0.4, 0.5) is 0 Å². The van der Waals surface area contributed by atoms with Crippen LogP contribution in [0.15, 0.2) is 0 Å². The minimum Gasteiger partial charge on any atom is -0.295 e. The molecule has 0 saturated heterocycles. The second-order valence-corrected chi connectivity index (χ2v) is 5.11. The molecule has 5 heteroatoms. The summed E-state index contributed by atoms with van der Waals surface area (Å²) in [7, 11) is -3.93. The standard InChI is InChI=1S/C6H14BO3S/c1-5(6(2,3)4)7-11(8,9)10/h5H,1-4H3,(H,8,9,10). The predicted molar refractivity (Wildman–Crippen MR) is 46.2 cm³/mol. The third-order valence-electron chi connectivity index (χ3n) is 1.74. The Bertz CT molecular complexity index is 214. The number of rotatable bonds is 2. The quantitative estimate of drug-likeness (QED) is 0.511. The second kappa shape index (κ2) is 3.15. The summed E-state index contributed by atoms with van der Waals surface area (Å²) in [6.45, 7) is 8.47. The highest BCUT2D eigenvalue weighted by atomic mass is 32.2. The van der Waals surface area contributed by atoms with Crippen molar-refractivity contribution in [2.24, 2.45) is 5.41 Å². The van der Waals surface area contributed by atoms with Crippen molar-refractivity contribution in [2.45, 2.75) is 33.5 Å². The molecule has 0 aromatic carbocycles. The zero-order valence-electron chi connectivity index (χ0n) is 7.33. The fourth-order valence-corrected chi connectivity index (χ4v) is 1.39. The molecular weight excluding hydrogens is 163 g/mol. The fraction of sp³-hybridized carbons (Fsp3) is 1.00. The van der Waals surface area contributed by atoms with Crippen LogP contribution in [0.5, 0.6) is 0 Å². The van der Waals surface area contributed by atoms with Crippen LogP contribution < -0.4 is 0 Å². The SMILES string of the molecule is CC([B]S(=O)(=O)O)C(C)(C)C. The fourth-order valence-electron chi connectivity index (χ4n) is 0.462. The smallest absolute Gasteiger partial charge is 0.295 e. The second-order valence-electron chi connectivity index (χ2n) is 3.81. The van der Waals surface area contributed by atoms with E-state index in [9.17, 15) is 8.42 Å². The first-order chi connectivity index (χ1) is 4.63. The molecule has 3 nitrogen and oxygen atoms in total. The van der Waals surface area contributed by atoms with Gasteiger partial charge in [0.15, 0.2) is 0 Å². The van der Waals surface area contributed by atoms with Gasteiger partial charge in [-0.3, -0.25) is 4.55 Å². The molecule has 0 aromatic heterocycles. The van der Waals surface area contributed by atoms with E-state index in [1.807, 2.05) is 20.8 Å². The van der Waals surface area contributed by atoms with Crippen LogP contribution in [0, 0.1) is 5.41 Å². The summed E-state index contributed by atoms with van der Waals surface area (Å²) in [6.07, 6.45) is 0. The lowest BCUT2D eigenvalue weighted by molar-refractivity contribution is 0.395. The molecule has 1 N–H and O–H groups in total. The summed E-state index contributed by atoms with van der Waals surface area (Å²) in [6, 6.07) is 0. The van der Waals surface area contributed by atoms with E-state index >= 15 is 0 Å². The Labute approximate surface area is 69.1 Å². The molecule has 0 aromatic rings. The highest BCUT2D eigenvalue weighted by Crippen LogP contribution is 2.30. The maximum absolute atomic E-state index is 10.4. The van der Waals surface area contributed by atoms with Crippen LogP contribution >= 0.6 is 0 Å². The van der Waals surface area contributed by atoms with Crippen molar-refractivity contribution in [3.8, 4) is 0 Å². The van der Waals surface area contributed by atoms with Gasteiger partial charge in [-0.2, -0.15) is 0 Å². The maximum atomic E-state index is 10.4. The van der Waals surface area contributed by atoms with Crippen molar-refractivity contribution in [3.63, 3.8) is 0 Å². The summed E-state index contributed by atoms with van der Waals surface area (Å²) in [4.78, 5) is 0. The molecule has 0 bridgehead atoms. The normalized spacial score (nSPS) is 16.1. The predicted octanol–water partition coefficient (Wildman–Crippen LogP) is 1.35. The van der Waals surface area contributed by atoms with Gasteiger partial charge >= 0.3 is 6.56 Å². The summed E-state index contributed by atoms with van der Waals surface area (Å²) >= 11 is 0. The number of hydrogen-bond donors (Lipinski definition) is 1. The average molecular weight is 177 g/mol. The molecule has 0 aliphatic rings. The summed E-state index contributed by atoms with van der Waals surface area (Å²) in [5, 5.41) is 0. The van der Waals surface area contributed by atoms with Gasteiger partial charge in [0, 0.05) is 0 Å². The third kappa shape index (κ3) is 5.27. The Morgan fingerprint density at radius 2 is 1.73 bits per heavy atom. The topological polar surface area (TPSA) is 54.4 Å². The van der Waals surface area contributed by atoms with E-state index in [0.717, 1.165) is 6.56 Å². The third-order valence-corrected chi connectivity index (χ3v) is 2.49. The van der Waals surface area contributed by atoms with E-state index in [1.54, 1.807) is 6.92 Å². The zero-order valence-corrected chi connectivity index (χ0v) is 8.14. The van der Waals surface area contributed by atoms with E-state index < -0.39 is 9.97 Å². The molecule has 0 rings (SSSR count).